The third-order valence-electron chi connectivity index (χ3n) is 6.23. The van der Waals surface area contributed by atoms with Crippen LogP contribution in [0.1, 0.15) is 44.9 Å². The van der Waals surface area contributed by atoms with Crippen LogP contribution in [-0.4, -0.2) is 57.9 Å². The predicted octanol–water partition coefficient (Wildman–Crippen LogP) is 0.999. The summed E-state index contributed by atoms with van der Waals surface area (Å²) in [5, 5.41) is 24.3. The molecule has 1 amide bonds. The molecule has 4 fully saturated rings. The van der Waals surface area contributed by atoms with Crippen LogP contribution >= 0.6 is 0 Å². The van der Waals surface area contributed by atoms with E-state index in [0.717, 1.165) is 32.1 Å². The molecule has 5 heteroatoms. The molecule has 0 spiro atoms. The Morgan fingerprint density at radius 3 is 2.90 bits per heavy atom. The molecule has 4 rings (SSSR count). The predicted molar refractivity (Wildman–Crippen MR) is 73.4 cm³/mol. The molecule has 0 aromatic carbocycles. The van der Waals surface area contributed by atoms with Gasteiger partial charge in [-0.1, -0.05) is 0 Å². The van der Waals surface area contributed by atoms with Gasteiger partial charge in [0.15, 0.2) is 0 Å². The summed E-state index contributed by atoms with van der Waals surface area (Å²) in [6.07, 6.45) is 6.00. The highest BCUT2D eigenvalue weighted by Crippen LogP contribution is 2.49. The van der Waals surface area contributed by atoms with Crippen molar-refractivity contribution in [3.63, 3.8) is 0 Å². The summed E-state index contributed by atoms with van der Waals surface area (Å²) in [6.45, 7) is 1.72. The highest BCUT2D eigenvalue weighted by atomic mass is 16.6. The minimum Gasteiger partial charge on any atom is -0.633 e. The van der Waals surface area contributed by atoms with Crippen LogP contribution < -0.4 is 0 Å². The summed E-state index contributed by atoms with van der Waals surface area (Å²) >= 11 is 0. The van der Waals surface area contributed by atoms with E-state index in [4.69, 9.17) is 0 Å². The highest BCUT2D eigenvalue weighted by molar-refractivity contribution is 5.77. The minimum atomic E-state index is -0.936. The summed E-state index contributed by atoms with van der Waals surface area (Å²) in [7, 11) is 0. The van der Waals surface area contributed by atoms with Crippen LogP contribution in [0, 0.1) is 11.1 Å². The van der Waals surface area contributed by atoms with Gasteiger partial charge in [0.2, 0.25) is 5.91 Å². The van der Waals surface area contributed by atoms with Gasteiger partial charge in [-0.05, 0) is 38.5 Å². The molecule has 0 aliphatic carbocycles. The largest absolute Gasteiger partial charge is 0.633 e. The van der Waals surface area contributed by atoms with E-state index < -0.39 is 5.60 Å². The first-order chi connectivity index (χ1) is 9.54. The molecule has 4 heterocycles. The van der Waals surface area contributed by atoms with E-state index in [1.807, 2.05) is 4.90 Å². The summed E-state index contributed by atoms with van der Waals surface area (Å²) in [5.41, 5.74) is -0.936. The molecule has 4 aliphatic rings. The monoisotopic (exact) mass is 280 g/mol. The first-order valence-electron chi connectivity index (χ1n) is 8.13. The van der Waals surface area contributed by atoms with Crippen LogP contribution in [0.4, 0.5) is 0 Å². The molecule has 1 N–H and O–H groups in total. The van der Waals surface area contributed by atoms with Gasteiger partial charge in [0.05, 0.1) is 19.6 Å². The molecule has 5 nitrogen and oxygen atoms in total. The number of hydrogen-bond acceptors (Lipinski definition) is 3. The molecule has 20 heavy (non-hydrogen) atoms. The Morgan fingerprint density at radius 1 is 1.25 bits per heavy atom. The van der Waals surface area contributed by atoms with Gasteiger partial charge in [0.1, 0.15) is 11.6 Å². The van der Waals surface area contributed by atoms with Gasteiger partial charge < -0.3 is 19.9 Å². The van der Waals surface area contributed by atoms with Crippen molar-refractivity contribution in [3.8, 4) is 0 Å². The molecule has 4 saturated heterocycles. The van der Waals surface area contributed by atoms with Crippen LogP contribution in [0.3, 0.4) is 0 Å². The quantitative estimate of drug-likeness (QED) is 0.532. The summed E-state index contributed by atoms with van der Waals surface area (Å²) in [4.78, 5) is 14.1. The van der Waals surface area contributed by atoms with Crippen LogP contribution in [-0.2, 0) is 4.79 Å². The smallest absolute Gasteiger partial charge is 0.222 e. The maximum Gasteiger partial charge on any atom is 0.222 e. The number of carbonyl (C=O) groups excluding carboxylic acids is 1. The average molecular weight is 280 g/mol. The van der Waals surface area contributed by atoms with Crippen LogP contribution in [0.5, 0.6) is 0 Å². The molecule has 112 valence electrons. The topological polar surface area (TPSA) is 63.6 Å². The van der Waals surface area contributed by atoms with Crippen molar-refractivity contribution >= 4 is 5.91 Å². The minimum absolute atomic E-state index is 0.183. The number of hydroxylamine groups is 3. The van der Waals surface area contributed by atoms with Crippen LogP contribution in [0.2, 0.25) is 0 Å². The number of carbonyl (C=O) groups is 1. The number of nitrogens with zero attached hydrogens (tertiary/aromatic N) is 2. The SMILES string of the molecule is O=C1CCC[C@@H]2[C@H]3CCC[N+]4([O-])CCC[C@@](O)(CN12)[C@@H]34. The second kappa shape index (κ2) is 4.18. The fraction of sp³-hybridized carbons (Fsp3) is 0.933. The van der Waals surface area contributed by atoms with Crippen LogP contribution in [0.25, 0.3) is 0 Å². The maximum atomic E-state index is 13.2. The Labute approximate surface area is 119 Å². The second-order valence-electron chi connectivity index (χ2n) is 7.34. The van der Waals surface area contributed by atoms with Crippen molar-refractivity contribution < 1.29 is 14.5 Å². The van der Waals surface area contributed by atoms with Crippen molar-refractivity contribution in [2.75, 3.05) is 19.6 Å². The molecule has 0 aromatic rings. The molecule has 4 aliphatic heterocycles. The fourth-order valence-electron chi connectivity index (χ4n) is 5.60. The number of rotatable bonds is 0. The zero-order chi connectivity index (χ0) is 14.0. The number of amides is 1. The molecule has 0 saturated carbocycles. The van der Waals surface area contributed by atoms with Gasteiger partial charge >= 0.3 is 0 Å². The lowest BCUT2D eigenvalue weighted by Crippen LogP contribution is -2.78. The van der Waals surface area contributed by atoms with Gasteiger partial charge in [0, 0.05) is 18.4 Å². The second-order valence-corrected chi connectivity index (χ2v) is 7.34. The average Bonchev–Trinajstić information content (AvgIpc) is 2.39. The van der Waals surface area contributed by atoms with Crippen molar-refractivity contribution in [3.05, 3.63) is 5.21 Å². The first kappa shape index (κ1) is 13.0. The number of fused-ring (bicyclic) bond motifs is 2. The summed E-state index contributed by atoms with van der Waals surface area (Å²) < 4.78 is -0.195. The van der Waals surface area contributed by atoms with E-state index in [9.17, 15) is 15.1 Å². The van der Waals surface area contributed by atoms with Gasteiger partial charge in [-0.2, -0.15) is 0 Å². The lowest BCUT2D eigenvalue weighted by atomic mass is 9.65. The Morgan fingerprint density at radius 2 is 2.05 bits per heavy atom. The third-order valence-corrected chi connectivity index (χ3v) is 6.23. The molecule has 0 aromatic heterocycles. The Kier molecular flexibility index (Phi) is 2.73. The molecule has 0 radical (unpaired) electrons. The first-order valence-corrected chi connectivity index (χ1v) is 8.13. The Balaban J connectivity index is 1.75. The molecular weight excluding hydrogens is 256 g/mol. The van der Waals surface area contributed by atoms with Gasteiger partial charge in [-0.3, -0.25) is 4.79 Å². The molecular formula is C15H24N2O3. The lowest BCUT2D eigenvalue weighted by molar-refractivity contribution is -0.930. The van der Waals surface area contributed by atoms with Crippen LogP contribution in [0.15, 0.2) is 0 Å². The van der Waals surface area contributed by atoms with Crippen molar-refractivity contribution in [1.82, 2.24) is 4.90 Å². The third kappa shape index (κ3) is 1.63. The van der Waals surface area contributed by atoms with Gasteiger partial charge in [0.25, 0.3) is 0 Å². The number of quaternary nitrogens is 1. The van der Waals surface area contributed by atoms with E-state index in [2.05, 4.69) is 0 Å². The van der Waals surface area contributed by atoms with Gasteiger partial charge in [-0.15, -0.1) is 0 Å². The number of hydrogen-bond donors (Lipinski definition) is 1. The van der Waals surface area contributed by atoms with Crippen molar-refractivity contribution in [1.29, 1.82) is 0 Å². The lowest BCUT2D eigenvalue weighted by Gasteiger charge is -2.66. The number of aliphatic hydroxyl groups is 1. The summed E-state index contributed by atoms with van der Waals surface area (Å²) in [6, 6.07) is 0.0310. The zero-order valence-corrected chi connectivity index (χ0v) is 12.0. The number of piperidine rings is 4. The van der Waals surface area contributed by atoms with E-state index in [1.165, 1.54) is 0 Å². The fourth-order valence-corrected chi connectivity index (χ4v) is 5.60. The van der Waals surface area contributed by atoms with E-state index in [-0.39, 0.29) is 28.6 Å². The van der Waals surface area contributed by atoms with E-state index in [0.29, 0.717) is 32.5 Å². The maximum absolute atomic E-state index is 13.2. The summed E-state index contributed by atoms with van der Waals surface area (Å²) in [5.74, 6) is 0.401. The highest BCUT2D eigenvalue weighted by Gasteiger charge is 2.62. The van der Waals surface area contributed by atoms with Crippen molar-refractivity contribution in [2.45, 2.75) is 62.6 Å². The zero-order valence-electron chi connectivity index (χ0n) is 12.0. The Hall–Kier alpha value is -0.650. The Bertz CT molecular complexity index is 439. The van der Waals surface area contributed by atoms with Crippen molar-refractivity contribution in [2.24, 2.45) is 5.92 Å². The molecule has 0 bridgehead atoms. The standard InChI is InChI=1S/C15H24N2O3/c18-13-6-1-5-12-11-4-2-8-17(20)9-3-7-15(19,14(11)17)10-16(12)13/h11-12,14,19H,1-10H2/t11-,12-,14-,15-,17?/m1/s1. The normalized spacial score (nSPS) is 51.4. The van der Waals surface area contributed by atoms with E-state index in [1.54, 1.807) is 0 Å². The molecule has 1 unspecified atom stereocenters. The van der Waals surface area contributed by atoms with Gasteiger partial charge in [-0.25, -0.2) is 0 Å². The molecule has 5 atom stereocenters. The van der Waals surface area contributed by atoms with E-state index >= 15 is 0 Å².